The first-order valence-electron chi connectivity index (χ1n) is 6.79. The standard InChI is InChI=1S/C15H16N2O5/c1-3-21-12-6-4-11(5-7-12)10(2)16-15(18)13-8-9-14(22-13)17(19)20/h4-10H,3H2,1-2H3,(H,16,18)/t10-/m1/s1. The van der Waals surface area contributed by atoms with Gasteiger partial charge in [-0.2, -0.15) is 0 Å². The van der Waals surface area contributed by atoms with Gasteiger partial charge in [0.05, 0.1) is 18.7 Å². The molecule has 22 heavy (non-hydrogen) atoms. The minimum atomic E-state index is -0.688. The second-order valence-corrected chi connectivity index (χ2v) is 4.59. The van der Waals surface area contributed by atoms with Crippen LogP contribution in [0.3, 0.4) is 0 Å². The molecule has 0 radical (unpaired) electrons. The molecule has 116 valence electrons. The van der Waals surface area contributed by atoms with Gasteiger partial charge in [-0.25, -0.2) is 0 Å². The van der Waals surface area contributed by atoms with Gasteiger partial charge in [-0.3, -0.25) is 14.9 Å². The number of hydrogen-bond donors (Lipinski definition) is 1. The summed E-state index contributed by atoms with van der Waals surface area (Å²) < 4.78 is 10.2. The quantitative estimate of drug-likeness (QED) is 0.653. The Morgan fingerprint density at radius 1 is 1.32 bits per heavy atom. The highest BCUT2D eigenvalue weighted by Crippen LogP contribution is 2.19. The number of amides is 1. The number of nitrogens with one attached hydrogen (secondary N) is 1. The van der Waals surface area contributed by atoms with Crippen LogP contribution in [0.5, 0.6) is 5.75 Å². The van der Waals surface area contributed by atoms with Gasteiger partial charge >= 0.3 is 5.88 Å². The maximum atomic E-state index is 12.0. The zero-order valence-corrected chi connectivity index (χ0v) is 12.2. The number of rotatable bonds is 6. The number of carbonyl (C=O) groups is 1. The number of nitro groups is 1. The zero-order valence-electron chi connectivity index (χ0n) is 12.2. The molecule has 1 N–H and O–H groups in total. The highest BCUT2D eigenvalue weighted by Gasteiger charge is 2.19. The van der Waals surface area contributed by atoms with E-state index >= 15 is 0 Å². The van der Waals surface area contributed by atoms with Crippen molar-refractivity contribution in [1.82, 2.24) is 5.32 Å². The van der Waals surface area contributed by atoms with Gasteiger partial charge in [0.1, 0.15) is 10.7 Å². The lowest BCUT2D eigenvalue weighted by atomic mass is 10.1. The van der Waals surface area contributed by atoms with Crippen LogP contribution < -0.4 is 10.1 Å². The third kappa shape index (κ3) is 3.63. The van der Waals surface area contributed by atoms with Crippen LogP contribution >= 0.6 is 0 Å². The summed E-state index contributed by atoms with van der Waals surface area (Å²) in [6, 6.07) is 9.49. The highest BCUT2D eigenvalue weighted by atomic mass is 16.6. The van der Waals surface area contributed by atoms with Gasteiger partial charge in [-0.15, -0.1) is 0 Å². The SMILES string of the molecule is CCOc1ccc([C@@H](C)NC(=O)c2ccc([N+](=O)[O-])o2)cc1. The Labute approximate surface area is 127 Å². The van der Waals surface area contributed by atoms with Crippen molar-refractivity contribution in [3.63, 3.8) is 0 Å². The lowest BCUT2D eigenvalue weighted by Crippen LogP contribution is -2.26. The Morgan fingerprint density at radius 3 is 2.55 bits per heavy atom. The zero-order chi connectivity index (χ0) is 16.1. The van der Waals surface area contributed by atoms with Crippen LogP contribution in [0.2, 0.25) is 0 Å². The van der Waals surface area contributed by atoms with Crippen molar-refractivity contribution in [2.45, 2.75) is 19.9 Å². The van der Waals surface area contributed by atoms with E-state index in [2.05, 4.69) is 5.32 Å². The normalized spacial score (nSPS) is 11.7. The summed E-state index contributed by atoms with van der Waals surface area (Å²) in [5.74, 6) is -0.302. The molecule has 1 aromatic carbocycles. The van der Waals surface area contributed by atoms with Gasteiger partial charge in [0, 0.05) is 0 Å². The molecule has 0 saturated heterocycles. The fourth-order valence-electron chi connectivity index (χ4n) is 1.92. The van der Waals surface area contributed by atoms with Crippen LogP contribution in [0.4, 0.5) is 5.88 Å². The Hall–Kier alpha value is -2.83. The molecule has 0 unspecified atom stereocenters. The van der Waals surface area contributed by atoms with Gasteiger partial charge in [0.15, 0.2) is 5.76 Å². The van der Waals surface area contributed by atoms with E-state index in [9.17, 15) is 14.9 Å². The van der Waals surface area contributed by atoms with E-state index in [4.69, 9.17) is 9.15 Å². The molecule has 1 aromatic heterocycles. The first-order chi connectivity index (χ1) is 10.5. The second-order valence-electron chi connectivity index (χ2n) is 4.59. The van der Waals surface area contributed by atoms with Crippen LogP contribution in [0, 0.1) is 10.1 Å². The molecule has 1 heterocycles. The topological polar surface area (TPSA) is 94.6 Å². The van der Waals surface area contributed by atoms with Crippen molar-refractivity contribution in [2.75, 3.05) is 6.61 Å². The minimum Gasteiger partial charge on any atom is -0.494 e. The summed E-state index contributed by atoms with van der Waals surface area (Å²) in [5.41, 5.74) is 0.887. The third-order valence-electron chi connectivity index (χ3n) is 3.03. The van der Waals surface area contributed by atoms with Crippen molar-refractivity contribution >= 4 is 11.8 Å². The van der Waals surface area contributed by atoms with E-state index in [1.165, 1.54) is 6.07 Å². The lowest BCUT2D eigenvalue weighted by Gasteiger charge is -2.14. The Balaban J connectivity index is 2.02. The number of benzene rings is 1. The molecule has 0 fully saturated rings. The van der Waals surface area contributed by atoms with E-state index < -0.39 is 16.7 Å². The molecular formula is C15H16N2O5. The molecule has 7 heteroatoms. The number of nitrogens with zero attached hydrogens (tertiary/aromatic N) is 1. The molecular weight excluding hydrogens is 288 g/mol. The molecule has 2 aromatic rings. The number of furan rings is 1. The summed E-state index contributed by atoms with van der Waals surface area (Å²) in [7, 11) is 0. The first-order valence-corrected chi connectivity index (χ1v) is 6.79. The largest absolute Gasteiger partial charge is 0.494 e. The molecule has 0 aliphatic heterocycles. The van der Waals surface area contributed by atoms with Crippen LogP contribution in [0.15, 0.2) is 40.8 Å². The monoisotopic (exact) mass is 304 g/mol. The van der Waals surface area contributed by atoms with E-state index in [0.717, 1.165) is 17.4 Å². The van der Waals surface area contributed by atoms with Crippen LogP contribution in [-0.4, -0.2) is 17.4 Å². The number of ether oxygens (including phenoxy) is 1. The van der Waals surface area contributed by atoms with E-state index in [1.54, 1.807) is 0 Å². The van der Waals surface area contributed by atoms with Crippen LogP contribution in [0.25, 0.3) is 0 Å². The first kappa shape index (κ1) is 15.6. The maximum Gasteiger partial charge on any atom is 0.433 e. The summed E-state index contributed by atoms with van der Waals surface area (Å²) in [6.45, 7) is 4.30. The molecule has 2 rings (SSSR count). The van der Waals surface area contributed by atoms with E-state index in [-0.39, 0.29) is 11.8 Å². The highest BCUT2D eigenvalue weighted by molar-refractivity contribution is 5.91. The molecule has 0 aliphatic carbocycles. The molecule has 1 amide bonds. The smallest absolute Gasteiger partial charge is 0.433 e. The van der Waals surface area contributed by atoms with Gasteiger partial charge < -0.3 is 14.5 Å². The van der Waals surface area contributed by atoms with Gasteiger partial charge in [0.2, 0.25) is 0 Å². The molecule has 0 spiro atoms. The van der Waals surface area contributed by atoms with Crippen molar-refractivity contribution in [3.05, 3.63) is 57.8 Å². The fraction of sp³-hybridized carbons (Fsp3) is 0.267. The van der Waals surface area contributed by atoms with Crippen molar-refractivity contribution < 1.29 is 18.9 Å². The summed E-state index contributed by atoms with van der Waals surface area (Å²) in [4.78, 5) is 21.8. The number of hydrogen-bond acceptors (Lipinski definition) is 5. The maximum absolute atomic E-state index is 12.0. The van der Waals surface area contributed by atoms with E-state index in [0.29, 0.717) is 6.61 Å². The minimum absolute atomic E-state index is 0.0931. The molecule has 0 bridgehead atoms. The van der Waals surface area contributed by atoms with E-state index in [1.807, 2.05) is 38.1 Å². The fourth-order valence-corrected chi connectivity index (χ4v) is 1.92. The predicted molar refractivity (Wildman–Crippen MR) is 78.9 cm³/mol. The molecule has 7 nitrogen and oxygen atoms in total. The second kappa shape index (κ2) is 6.75. The number of carbonyl (C=O) groups excluding carboxylic acids is 1. The molecule has 1 atom stereocenters. The average molecular weight is 304 g/mol. The van der Waals surface area contributed by atoms with Crippen molar-refractivity contribution in [2.24, 2.45) is 0 Å². The van der Waals surface area contributed by atoms with Gasteiger partial charge in [-0.05, 0) is 37.6 Å². The third-order valence-corrected chi connectivity index (χ3v) is 3.03. The summed E-state index contributed by atoms with van der Waals surface area (Å²) in [5, 5.41) is 13.3. The molecule has 0 aliphatic rings. The Morgan fingerprint density at radius 2 is 2.00 bits per heavy atom. The van der Waals surface area contributed by atoms with Crippen LogP contribution in [0.1, 0.15) is 36.0 Å². The average Bonchev–Trinajstić information content (AvgIpc) is 2.98. The van der Waals surface area contributed by atoms with Crippen molar-refractivity contribution in [3.8, 4) is 5.75 Å². The summed E-state index contributed by atoms with van der Waals surface area (Å²) >= 11 is 0. The van der Waals surface area contributed by atoms with Gasteiger partial charge in [-0.1, -0.05) is 12.1 Å². The Kier molecular flexibility index (Phi) is 4.77. The summed E-state index contributed by atoms with van der Waals surface area (Å²) in [6.07, 6.45) is 0. The van der Waals surface area contributed by atoms with Gasteiger partial charge in [0.25, 0.3) is 5.91 Å². The lowest BCUT2D eigenvalue weighted by molar-refractivity contribution is -0.402. The van der Waals surface area contributed by atoms with Crippen LogP contribution in [-0.2, 0) is 0 Å². The predicted octanol–water partition coefficient (Wildman–Crippen LogP) is 3.08. The van der Waals surface area contributed by atoms with Crippen molar-refractivity contribution in [1.29, 1.82) is 0 Å². The Bertz CT molecular complexity index is 663. The molecule has 0 saturated carbocycles.